The van der Waals surface area contributed by atoms with Crippen molar-refractivity contribution >= 4 is 17.6 Å². The average molecular weight is 203 g/mol. The summed E-state index contributed by atoms with van der Waals surface area (Å²) in [6, 6.07) is 0. The quantitative estimate of drug-likeness (QED) is 0.518. The van der Waals surface area contributed by atoms with Gasteiger partial charge in [-0.1, -0.05) is 31.4 Å². The van der Waals surface area contributed by atoms with Crippen molar-refractivity contribution in [3.63, 3.8) is 0 Å². The number of esters is 1. The van der Waals surface area contributed by atoms with E-state index in [0.717, 1.165) is 19.3 Å². The van der Waals surface area contributed by atoms with Crippen LogP contribution in [0.3, 0.4) is 0 Å². The summed E-state index contributed by atoms with van der Waals surface area (Å²) in [4.78, 5) is 11.1. The highest BCUT2D eigenvalue weighted by Gasteiger charge is 2.29. The Morgan fingerprint density at radius 2 is 2.15 bits per heavy atom. The van der Waals surface area contributed by atoms with Crippen molar-refractivity contribution in [1.82, 2.24) is 0 Å². The molecule has 13 heavy (non-hydrogen) atoms. The molecule has 74 valence electrons. The average Bonchev–Trinajstić information content (AvgIpc) is 2.34. The molecule has 3 heteroatoms. The molecule has 0 N–H and O–H groups in total. The minimum absolute atomic E-state index is 0.166. The van der Waals surface area contributed by atoms with E-state index < -0.39 is 0 Å². The molecule has 0 saturated carbocycles. The maximum absolute atomic E-state index is 11.1. The van der Waals surface area contributed by atoms with Crippen molar-refractivity contribution in [3.05, 3.63) is 10.6 Å². The molecule has 0 radical (unpaired) electrons. The van der Waals surface area contributed by atoms with Gasteiger partial charge in [-0.3, -0.25) is 0 Å². The Hall–Kier alpha value is -0.500. The van der Waals surface area contributed by atoms with Crippen molar-refractivity contribution in [1.29, 1.82) is 0 Å². The number of cyclic esters (lactones) is 1. The Kier molecular flexibility index (Phi) is 3.79. The summed E-state index contributed by atoms with van der Waals surface area (Å²) in [5, 5.41) is 0.598. The minimum atomic E-state index is -0.258. The molecule has 0 amide bonds. The van der Waals surface area contributed by atoms with Crippen LogP contribution in [0.4, 0.5) is 0 Å². The van der Waals surface area contributed by atoms with E-state index in [0.29, 0.717) is 10.6 Å². The lowest BCUT2D eigenvalue weighted by Gasteiger charge is -2.08. The minimum Gasteiger partial charge on any atom is -0.453 e. The Bertz CT molecular complexity index is 233. The Morgan fingerprint density at radius 3 is 2.62 bits per heavy atom. The van der Waals surface area contributed by atoms with Gasteiger partial charge in [0, 0.05) is 0 Å². The first-order chi connectivity index (χ1) is 6.16. The fourth-order valence-corrected chi connectivity index (χ4v) is 1.60. The summed E-state index contributed by atoms with van der Waals surface area (Å²) < 4.78 is 5.09. The van der Waals surface area contributed by atoms with Gasteiger partial charge >= 0.3 is 5.97 Å². The normalized spacial score (nSPS) is 22.4. The first-order valence-corrected chi connectivity index (χ1v) is 5.11. The molecule has 1 heterocycles. The Balaban J connectivity index is 2.42. The highest BCUT2D eigenvalue weighted by molar-refractivity contribution is 6.33. The van der Waals surface area contributed by atoms with E-state index >= 15 is 0 Å². The standard InChI is InChI=1S/C10H15ClO2/c1-3-4-5-6-8-9(11)7(2)10(12)13-8/h8H,3-6H2,1-2H3/t8-/m1/s1. The van der Waals surface area contributed by atoms with Gasteiger partial charge in [-0.25, -0.2) is 4.79 Å². The van der Waals surface area contributed by atoms with E-state index in [1.807, 2.05) is 0 Å². The number of hydrogen-bond donors (Lipinski definition) is 0. The van der Waals surface area contributed by atoms with Crippen LogP contribution in [0.5, 0.6) is 0 Å². The van der Waals surface area contributed by atoms with Crippen LogP contribution in [0, 0.1) is 0 Å². The van der Waals surface area contributed by atoms with Crippen LogP contribution in [0.15, 0.2) is 10.6 Å². The van der Waals surface area contributed by atoms with Crippen LogP contribution >= 0.6 is 11.6 Å². The first-order valence-electron chi connectivity index (χ1n) is 4.74. The van der Waals surface area contributed by atoms with Crippen LogP contribution in [0.2, 0.25) is 0 Å². The maximum atomic E-state index is 11.1. The van der Waals surface area contributed by atoms with Crippen LogP contribution in [0.1, 0.15) is 39.5 Å². The highest BCUT2D eigenvalue weighted by Crippen LogP contribution is 2.28. The summed E-state index contributed by atoms with van der Waals surface area (Å²) in [6.45, 7) is 3.86. The van der Waals surface area contributed by atoms with Gasteiger partial charge in [-0.2, -0.15) is 0 Å². The summed E-state index contributed by atoms with van der Waals surface area (Å²) in [5.74, 6) is -0.258. The molecule has 0 bridgehead atoms. The largest absolute Gasteiger partial charge is 0.453 e. The lowest BCUT2D eigenvalue weighted by Crippen LogP contribution is -2.09. The zero-order valence-electron chi connectivity index (χ0n) is 8.10. The van der Waals surface area contributed by atoms with Crippen molar-refractivity contribution in [2.24, 2.45) is 0 Å². The summed E-state index contributed by atoms with van der Waals surface area (Å²) in [7, 11) is 0. The van der Waals surface area contributed by atoms with Crippen molar-refractivity contribution in [3.8, 4) is 0 Å². The second-order valence-electron chi connectivity index (χ2n) is 3.36. The summed E-state index contributed by atoms with van der Waals surface area (Å²) in [5.41, 5.74) is 0.572. The molecule has 0 spiro atoms. The van der Waals surface area contributed by atoms with Gasteiger partial charge in [-0.05, 0) is 19.8 Å². The van der Waals surface area contributed by atoms with Crippen LogP contribution in [-0.2, 0) is 9.53 Å². The van der Waals surface area contributed by atoms with Gasteiger partial charge < -0.3 is 4.74 Å². The SMILES string of the molecule is CCCCC[C@H]1OC(=O)C(C)=C1Cl. The zero-order chi connectivity index (χ0) is 9.84. The first kappa shape index (κ1) is 10.6. The lowest BCUT2D eigenvalue weighted by molar-refractivity contribution is -0.139. The van der Waals surface area contributed by atoms with E-state index in [1.54, 1.807) is 6.92 Å². The molecule has 0 unspecified atom stereocenters. The number of carbonyl (C=O) groups excluding carboxylic acids is 1. The third kappa shape index (κ3) is 2.47. The molecule has 2 nitrogen and oxygen atoms in total. The van der Waals surface area contributed by atoms with Gasteiger partial charge in [0.05, 0.1) is 10.6 Å². The molecule has 1 atom stereocenters. The molecule has 0 aliphatic carbocycles. The third-order valence-corrected chi connectivity index (χ3v) is 2.79. The fraction of sp³-hybridized carbons (Fsp3) is 0.700. The maximum Gasteiger partial charge on any atom is 0.335 e. The van der Waals surface area contributed by atoms with E-state index in [4.69, 9.17) is 16.3 Å². The number of hydrogen-bond acceptors (Lipinski definition) is 2. The molecule has 1 aliphatic heterocycles. The predicted octanol–water partition coefficient (Wildman–Crippen LogP) is 3.00. The number of carbonyl (C=O) groups is 1. The summed E-state index contributed by atoms with van der Waals surface area (Å²) in [6.07, 6.45) is 4.09. The second kappa shape index (κ2) is 4.66. The van der Waals surface area contributed by atoms with Crippen molar-refractivity contribution < 1.29 is 9.53 Å². The van der Waals surface area contributed by atoms with Crippen LogP contribution < -0.4 is 0 Å². The van der Waals surface area contributed by atoms with Gasteiger partial charge in [-0.15, -0.1) is 0 Å². The molecule has 0 fully saturated rings. The predicted molar refractivity (Wildman–Crippen MR) is 52.6 cm³/mol. The monoisotopic (exact) mass is 202 g/mol. The van der Waals surface area contributed by atoms with Crippen LogP contribution in [0.25, 0.3) is 0 Å². The van der Waals surface area contributed by atoms with Gasteiger partial charge in [0.1, 0.15) is 6.10 Å². The second-order valence-corrected chi connectivity index (χ2v) is 3.77. The Morgan fingerprint density at radius 1 is 1.46 bits per heavy atom. The number of rotatable bonds is 4. The van der Waals surface area contributed by atoms with E-state index in [9.17, 15) is 4.79 Å². The molecule has 0 aromatic heterocycles. The molecular formula is C10H15ClO2. The fourth-order valence-electron chi connectivity index (χ4n) is 1.37. The molecule has 0 aromatic carbocycles. The number of halogens is 1. The summed E-state index contributed by atoms with van der Waals surface area (Å²) >= 11 is 5.94. The zero-order valence-corrected chi connectivity index (χ0v) is 8.86. The van der Waals surface area contributed by atoms with Gasteiger partial charge in [0.15, 0.2) is 0 Å². The van der Waals surface area contributed by atoms with E-state index in [-0.39, 0.29) is 12.1 Å². The molecule has 0 aromatic rings. The topological polar surface area (TPSA) is 26.3 Å². The van der Waals surface area contributed by atoms with Gasteiger partial charge in [0.25, 0.3) is 0 Å². The Labute approximate surface area is 83.9 Å². The highest BCUT2D eigenvalue weighted by atomic mass is 35.5. The van der Waals surface area contributed by atoms with E-state index in [1.165, 1.54) is 6.42 Å². The van der Waals surface area contributed by atoms with Gasteiger partial charge in [0.2, 0.25) is 0 Å². The van der Waals surface area contributed by atoms with Crippen molar-refractivity contribution in [2.75, 3.05) is 0 Å². The smallest absolute Gasteiger partial charge is 0.335 e. The van der Waals surface area contributed by atoms with Crippen molar-refractivity contribution in [2.45, 2.75) is 45.6 Å². The molecule has 1 aliphatic rings. The molecular weight excluding hydrogens is 188 g/mol. The van der Waals surface area contributed by atoms with Crippen LogP contribution in [-0.4, -0.2) is 12.1 Å². The number of ether oxygens (including phenoxy) is 1. The third-order valence-electron chi connectivity index (χ3n) is 2.27. The van der Waals surface area contributed by atoms with E-state index in [2.05, 4.69) is 6.92 Å². The lowest BCUT2D eigenvalue weighted by atomic mass is 10.1. The number of unbranched alkanes of at least 4 members (excludes halogenated alkanes) is 2. The molecule has 0 saturated heterocycles. The molecule has 1 rings (SSSR count).